The fourth-order valence-electron chi connectivity index (χ4n) is 6.91. The number of ether oxygens (including phenoxy) is 4. The number of nitrogens with one attached hydrogen (secondary N) is 1. The molecule has 4 aliphatic rings. The van der Waals surface area contributed by atoms with Crippen LogP contribution in [0.15, 0.2) is 24.0 Å². The van der Waals surface area contributed by atoms with Crippen LogP contribution in [0.3, 0.4) is 0 Å². The molecule has 1 aromatic rings. The number of fused-ring (bicyclic) bond motifs is 2. The standard InChI is InChI=1S/C26H33N3O6/c1-4-16-13-29-8-7-25-23-21(33-3)6-5-17(12-27)24(23)28-26(25,35-10-9-34-25)22(29)11-18(16)19(15-32-2)20(31)14-30/h5-6,15-16,18,22,28,30H,4,7-11,13-14H2,1-3H3/b19-15+/t16-,18+,22+,25+,26+/m1/s1. The highest BCUT2D eigenvalue weighted by Crippen LogP contribution is 2.62. The van der Waals surface area contributed by atoms with Crippen LogP contribution in [-0.2, 0) is 24.6 Å². The summed E-state index contributed by atoms with van der Waals surface area (Å²) in [7, 11) is 3.15. The normalized spacial score (nSPS) is 33.9. The van der Waals surface area contributed by atoms with Crippen molar-refractivity contribution in [2.45, 2.75) is 43.6 Å². The maximum Gasteiger partial charge on any atom is 0.188 e. The Morgan fingerprint density at radius 3 is 2.86 bits per heavy atom. The second-order valence-electron chi connectivity index (χ2n) is 9.72. The van der Waals surface area contributed by atoms with Gasteiger partial charge in [-0.3, -0.25) is 9.69 Å². The van der Waals surface area contributed by atoms with Crippen molar-refractivity contribution < 1.29 is 28.8 Å². The van der Waals surface area contributed by atoms with Crippen molar-refractivity contribution in [2.24, 2.45) is 11.8 Å². The molecule has 0 radical (unpaired) electrons. The van der Waals surface area contributed by atoms with E-state index in [4.69, 9.17) is 18.9 Å². The Hall–Kier alpha value is -2.64. The van der Waals surface area contributed by atoms with Crippen LogP contribution >= 0.6 is 0 Å². The van der Waals surface area contributed by atoms with Crippen LogP contribution in [0, 0.1) is 23.2 Å². The van der Waals surface area contributed by atoms with Crippen LogP contribution in [0.4, 0.5) is 5.69 Å². The van der Waals surface area contributed by atoms with Crippen molar-refractivity contribution in [3.63, 3.8) is 0 Å². The molecule has 2 N–H and O–H groups in total. The number of nitriles is 1. The monoisotopic (exact) mass is 483 g/mol. The number of rotatable bonds is 6. The molecule has 0 unspecified atom stereocenters. The number of nitrogens with zero attached hydrogens (tertiary/aromatic N) is 2. The smallest absolute Gasteiger partial charge is 0.188 e. The van der Waals surface area contributed by atoms with Crippen molar-refractivity contribution >= 4 is 11.5 Å². The van der Waals surface area contributed by atoms with Gasteiger partial charge in [-0.2, -0.15) is 5.26 Å². The Morgan fingerprint density at radius 2 is 2.17 bits per heavy atom. The maximum absolute atomic E-state index is 12.7. The van der Waals surface area contributed by atoms with E-state index in [0.29, 0.717) is 48.6 Å². The lowest BCUT2D eigenvalue weighted by atomic mass is 9.66. The van der Waals surface area contributed by atoms with E-state index < -0.39 is 17.9 Å². The third-order valence-electron chi connectivity index (χ3n) is 8.39. The molecule has 0 aliphatic carbocycles. The summed E-state index contributed by atoms with van der Waals surface area (Å²) in [6.45, 7) is 4.00. The minimum absolute atomic E-state index is 0.112. The Labute approximate surface area is 205 Å². The highest BCUT2D eigenvalue weighted by Gasteiger charge is 2.71. The van der Waals surface area contributed by atoms with Crippen molar-refractivity contribution in [1.82, 2.24) is 4.90 Å². The van der Waals surface area contributed by atoms with E-state index in [0.717, 1.165) is 25.1 Å². The summed E-state index contributed by atoms with van der Waals surface area (Å²) >= 11 is 0. The molecule has 4 aliphatic heterocycles. The van der Waals surface area contributed by atoms with E-state index in [-0.39, 0.29) is 23.7 Å². The highest BCUT2D eigenvalue weighted by atomic mass is 16.6. The number of Topliss-reactive ketones (excluding diaryl/α,β-unsaturated/α-hetero) is 1. The zero-order chi connectivity index (χ0) is 24.8. The topological polar surface area (TPSA) is 113 Å². The Morgan fingerprint density at radius 1 is 1.37 bits per heavy atom. The first-order valence-electron chi connectivity index (χ1n) is 12.3. The first-order chi connectivity index (χ1) is 17.0. The first-order valence-corrected chi connectivity index (χ1v) is 12.3. The van der Waals surface area contributed by atoms with Gasteiger partial charge in [0.25, 0.3) is 0 Å². The van der Waals surface area contributed by atoms with Gasteiger partial charge in [0.2, 0.25) is 0 Å². The third-order valence-corrected chi connectivity index (χ3v) is 8.39. The van der Waals surface area contributed by atoms with Crippen LogP contribution in [0.25, 0.3) is 0 Å². The summed E-state index contributed by atoms with van der Waals surface area (Å²) in [6, 6.07) is 5.75. The lowest BCUT2D eigenvalue weighted by Gasteiger charge is -2.61. The lowest BCUT2D eigenvalue weighted by Crippen LogP contribution is -2.75. The van der Waals surface area contributed by atoms with E-state index in [9.17, 15) is 15.2 Å². The van der Waals surface area contributed by atoms with E-state index >= 15 is 0 Å². The molecular weight excluding hydrogens is 450 g/mol. The summed E-state index contributed by atoms with van der Waals surface area (Å²) in [4.78, 5) is 15.2. The molecule has 0 aromatic heterocycles. The number of carbonyl (C=O) groups is 1. The van der Waals surface area contributed by atoms with Gasteiger partial charge in [-0.15, -0.1) is 0 Å². The molecule has 5 atom stereocenters. The summed E-state index contributed by atoms with van der Waals surface area (Å²) in [6.07, 6.45) is 3.69. The van der Waals surface area contributed by atoms with Gasteiger partial charge >= 0.3 is 0 Å². The number of piperidine rings is 2. The number of benzene rings is 1. The molecule has 0 saturated carbocycles. The minimum Gasteiger partial charge on any atom is -0.504 e. The van der Waals surface area contributed by atoms with Gasteiger partial charge in [-0.1, -0.05) is 13.3 Å². The fourth-order valence-corrected chi connectivity index (χ4v) is 6.91. The Kier molecular flexibility index (Phi) is 6.26. The minimum atomic E-state index is -0.941. The number of aliphatic hydroxyl groups is 1. The number of ketones is 1. The fraction of sp³-hybridized carbons (Fsp3) is 0.615. The largest absolute Gasteiger partial charge is 0.504 e. The van der Waals surface area contributed by atoms with E-state index in [1.807, 2.05) is 6.07 Å². The van der Waals surface area contributed by atoms with Crippen molar-refractivity contribution in [3.05, 3.63) is 35.1 Å². The summed E-state index contributed by atoms with van der Waals surface area (Å²) < 4.78 is 24.3. The predicted molar refractivity (Wildman–Crippen MR) is 127 cm³/mol. The van der Waals surface area contributed by atoms with Gasteiger partial charge in [-0.25, -0.2) is 0 Å². The molecule has 0 bridgehead atoms. The second-order valence-corrected chi connectivity index (χ2v) is 9.72. The van der Waals surface area contributed by atoms with Crippen LogP contribution in [0.1, 0.15) is 37.3 Å². The molecule has 9 nitrogen and oxygen atoms in total. The van der Waals surface area contributed by atoms with Crippen molar-refractivity contribution in [3.8, 4) is 11.8 Å². The molecule has 0 spiro atoms. The molecule has 1 aromatic carbocycles. The van der Waals surface area contributed by atoms with E-state index in [2.05, 4.69) is 23.2 Å². The molecule has 3 fully saturated rings. The van der Waals surface area contributed by atoms with Gasteiger partial charge in [0.15, 0.2) is 11.5 Å². The second kappa shape index (κ2) is 9.10. The van der Waals surface area contributed by atoms with Crippen LogP contribution in [0.5, 0.6) is 5.75 Å². The third kappa shape index (κ3) is 3.31. The molecule has 35 heavy (non-hydrogen) atoms. The zero-order valence-corrected chi connectivity index (χ0v) is 20.5. The van der Waals surface area contributed by atoms with Crippen LogP contribution in [-0.4, -0.2) is 74.7 Å². The molecular formula is C26H33N3O6. The number of aliphatic hydroxyl groups excluding tert-OH is 1. The van der Waals surface area contributed by atoms with Crippen LogP contribution < -0.4 is 10.1 Å². The quantitative estimate of drug-likeness (QED) is 0.464. The van der Waals surface area contributed by atoms with Gasteiger partial charge in [0, 0.05) is 18.7 Å². The maximum atomic E-state index is 12.7. The predicted octanol–water partition coefficient (Wildman–Crippen LogP) is 2.14. The van der Waals surface area contributed by atoms with E-state index in [1.54, 1.807) is 13.2 Å². The van der Waals surface area contributed by atoms with Gasteiger partial charge in [0.1, 0.15) is 24.0 Å². The average Bonchev–Trinajstić information content (AvgIpc) is 3.22. The van der Waals surface area contributed by atoms with Gasteiger partial charge < -0.3 is 29.4 Å². The SMILES string of the molecule is CC[C@@H]1CN2CC[C@@]34OCCO[C@@]3(Nc3c(C#N)ccc(OC)c34)[C@@H]2C[C@@H]1/C(=C\OC)C(=O)CO. The number of hydrogen-bond donors (Lipinski definition) is 2. The van der Waals surface area contributed by atoms with Gasteiger partial charge in [0.05, 0.1) is 56.6 Å². The van der Waals surface area contributed by atoms with Crippen molar-refractivity contribution in [2.75, 3.05) is 52.4 Å². The summed E-state index contributed by atoms with van der Waals surface area (Å²) in [5, 5.41) is 23.2. The summed E-state index contributed by atoms with van der Waals surface area (Å²) in [5.74, 6) is 0.464. The van der Waals surface area contributed by atoms with Crippen molar-refractivity contribution in [1.29, 1.82) is 5.26 Å². The van der Waals surface area contributed by atoms with Crippen LogP contribution in [0.2, 0.25) is 0 Å². The molecule has 4 heterocycles. The molecule has 5 rings (SSSR count). The lowest BCUT2D eigenvalue weighted by molar-refractivity contribution is -0.297. The first kappa shape index (κ1) is 24.1. The number of anilines is 1. The molecule has 0 amide bonds. The average molecular weight is 484 g/mol. The molecule has 3 saturated heterocycles. The number of methoxy groups -OCH3 is 2. The van der Waals surface area contributed by atoms with Gasteiger partial charge in [-0.05, 0) is 36.8 Å². The van der Waals surface area contributed by atoms with E-state index in [1.165, 1.54) is 13.4 Å². The summed E-state index contributed by atoms with van der Waals surface area (Å²) in [5.41, 5.74) is 0.801. The zero-order valence-electron chi connectivity index (χ0n) is 20.5. The highest BCUT2D eigenvalue weighted by molar-refractivity contribution is 5.96. The Bertz CT molecular complexity index is 1080. The number of hydrogen-bond acceptors (Lipinski definition) is 9. The number of carbonyl (C=O) groups excluding carboxylic acids is 1. The molecule has 188 valence electrons. The molecule has 9 heteroatoms. The Balaban J connectivity index is 1.64.